The summed E-state index contributed by atoms with van der Waals surface area (Å²) in [5.41, 5.74) is 8.93. The van der Waals surface area contributed by atoms with E-state index in [9.17, 15) is 4.39 Å². The van der Waals surface area contributed by atoms with Crippen molar-refractivity contribution in [3.05, 3.63) is 59.7 Å². The Morgan fingerprint density at radius 3 is 2.45 bits per heavy atom. The SMILES string of the molecule is CC[C@H](N)c1ccc(N(C)Cc2ccc(F)cc2)cn1. The Morgan fingerprint density at radius 1 is 1.20 bits per heavy atom. The van der Waals surface area contributed by atoms with Crippen LogP contribution in [0.5, 0.6) is 0 Å². The summed E-state index contributed by atoms with van der Waals surface area (Å²) in [4.78, 5) is 6.47. The van der Waals surface area contributed by atoms with Gasteiger partial charge in [0.05, 0.1) is 17.6 Å². The van der Waals surface area contributed by atoms with Gasteiger partial charge in [0.1, 0.15) is 5.82 Å². The summed E-state index contributed by atoms with van der Waals surface area (Å²) in [6.45, 7) is 2.75. The van der Waals surface area contributed by atoms with E-state index in [0.29, 0.717) is 6.54 Å². The molecule has 1 aromatic heterocycles. The molecule has 3 nitrogen and oxygen atoms in total. The highest BCUT2D eigenvalue weighted by Gasteiger charge is 2.07. The van der Waals surface area contributed by atoms with Gasteiger partial charge in [0.15, 0.2) is 0 Å². The molecule has 1 aromatic carbocycles. The average molecular weight is 273 g/mol. The van der Waals surface area contributed by atoms with E-state index >= 15 is 0 Å². The summed E-state index contributed by atoms with van der Waals surface area (Å²) >= 11 is 0. The fourth-order valence-corrected chi connectivity index (χ4v) is 2.01. The fraction of sp³-hybridized carbons (Fsp3) is 0.312. The number of rotatable bonds is 5. The standard InChI is InChI=1S/C16H20FN3/c1-3-15(18)16-9-8-14(10-19-16)20(2)11-12-4-6-13(17)7-5-12/h4-10,15H,3,11,18H2,1-2H3/t15-/m0/s1. The van der Waals surface area contributed by atoms with Gasteiger partial charge in [-0.15, -0.1) is 0 Å². The van der Waals surface area contributed by atoms with Crippen molar-refractivity contribution in [2.45, 2.75) is 25.9 Å². The monoisotopic (exact) mass is 273 g/mol. The minimum absolute atomic E-state index is 0.00791. The number of hydrogen-bond acceptors (Lipinski definition) is 3. The molecule has 106 valence electrons. The summed E-state index contributed by atoms with van der Waals surface area (Å²) in [5.74, 6) is -0.212. The highest BCUT2D eigenvalue weighted by atomic mass is 19.1. The minimum atomic E-state index is -0.212. The van der Waals surface area contributed by atoms with Crippen molar-refractivity contribution in [1.29, 1.82) is 0 Å². The third-order valence-corrected chi connectivity index (χ3v) is 3.36. The van der Waals surface area contributed by atoms with Crippen LogP contribution in [-0.4, -0.2) is 12.0 Å². The molecule has 0 aliphatic carbocycles. The quantitative estimate of drug-likeness (QED) is 0.909. The third-order valence-electron chi connectivity index (χ3n) is 3.36. The Hall–Kier alpha value is -1.94. The summed E-state index contributed by atoms with van der Waals surface area (Å²) in [6.07, 6.45) is 2.70. The summed E-state index contributed by atoms with van der Waals surface area (Å²) < 4.78 is 12.9. The fourth-order valence-electron chi connectivity index (χ4n) is 2.01. The molecular weight excluding hydrogens is 253 g/mol. The minimum Gasteiger partial charge on any atom is -0.369 e. The first-order valence-electron chi connectivity index (χ1n) is 6.77. The van der Waals surface area contributed by atoms with E-state index in [1.807, 2.05) is 32.3 Å². The van der Waals surface area contributed by atoms with Crippen LogP contribution < -0.4 is 10.6 Å². The van der Waals surface area contributed by atoms with Gasteiger partial charge >= 0.3 is 0 Å². The third kappa shape index (κ3) is 3.54. The number of nitrogens with two attached hydrogens (primary N) is 1. The molecule has 2 aromatic rings. The molecule has 0 saturated heterocycles. The molecule has 4 heteroatoms. The lowest BCUT2D eigenvalue weighted by atomic mass is 10.1. The van der Waals surface area contributed by atoms with Crippen LogP contribution in [0, 0.1) is 5.82 Å². The van der Waals surface area contributed by atoms with Gasteiger partial charge in [-0.1, -0.05) is 19.1 Å². The molecule has 1 heterocycles. The van der Waals surface area contributed by atoms with Crippen LogP contribution >= 0.6 is 0 Å². The Labute approximate surface area is 119 Å². The van der Waals surface area contributed by atoms with Crippen molar-refractivity contribution >= 4 is 5.69 Å². The van der Waals surface area contributed by atoms with E-state index in [-0.39, 0.29) is 11.9 Å². The van der Waals surface area contributed by atoms with Gasteiger partial charge in [0, 0.05) is 19.6 Å². The Morgan fingerprint density at radius 2 is 1.90 bits per heavy atom. The zero-order valence-electron chi connectivity index (χ0n) is 11.9. The molecule has 0 fully saturated rings. The van der Waals surface area contributed by atoms with Crippen molar-refractivity contribution in [2.75, 3.05) is 11.9 Å². The first-order chi connectivity index (χ1) is 9.60. The topological polar surface area (TPSA) is 42.1 Å². The van der Waals surface area contributed by atoms with Crippen molar-refractivity contribution in [3.63, 3.8) is 0 Å². The number of benzene rings is 1. The van der Waals surface area contributed by atoms with Crippen LogP contribution in [0.25, 0.3) is 0 Å². The maximum Gasteiger partial charge on any atom is 0.123 e. The number of pyridine rings is 1. The smallest absolute Gasteiger partial charge is 0.123 e. The van der Waals surface area contributed by atoms with Gasteiger partial charge in [0.2, 0.25) is 0 Å². The number of hydrogen-bond donors (Lipinski definition) is 1. The zero-order valence-corrected chi connectivity index (χ0v) is 11.9. The highest BCUT2D eigenvalue weighted by Crippen LogP contribution is 2.18. The van der Waals surface area contributed by atoms with E-state index in [1.165, 1.54) is 12.1 Å². The van der Waals surface area contributed by atoms with Gasteiger partial charge in [-0.3, -0.25) is 4.98 Å². The van der Waals surface area contributed by atoms with Crippen LogP contribution in [0.3, 0.4) is 0 Å². The Kier molecular flexibility index (Phi) is 4.69. The summed E-state index contributed by atoms with van der Waals surface area (Å²) in [6, 6.07) is 10.5. The lowest BCUT2D eigenvalue weighted by Crippen LogP contribution is -2.17. The van der Waals surface area contributed by atoms with Crippen molar-refractivity contribution < 1.29 is 4.39 Å². The van der Waals surface area contributed by atoms with E-state index in [0.717, 1.165) is 23.4 Å². The maximum absolute atomic E-state index is 12.9. The zero-order chi connectivity index (χ0) is 14.5. The van der Waals surface area contributed by atoms with E-state index in [2.05, 4.69) is 9.88 Å². The lowest BCUT2D eigenvalue weighted by Gasteiger charge is -2.20. The first-order valence-corrected chi connectivity index (χ1v) is 6.77. The lowest BCUT2D eigenvalue weighted by molar-refractivity contribution is 0.627. The van der Waals surface area contributed by atoms with Crippen molar-refractivity contribution in [3.8, 4) is 0 Å². The second kappa shape index (κ2) is 6.48. The number of nitrogens with zero attached hydrogens (tertiary/aromatic N) is 2. The van der Waals surface area contributed by atoms with Gasteiger partial charge in [0.25, 0.3) is 0 Å². The molecular formula is C16H20FN3. The van der Waals surface area contributed by atoms with E-state index in [1.54, 1.807) is 12.1 Å². The normalized spacial score (nSPS) is 12.2. The molecule has 0 spiro atoms. The first kappa shape index (κ1) is 14.5. The van der Waals surface area contributed by atoms with Crippen LogP contribution in [0.4, 0.5) is 10.1 Å². The molecule has 2 rings (SSSR count). The molecule has 0 amide bonds. The van der Waals surface area contributed by atoms with Crippen molar-refractivity contribution in [1.82, 2.24) is 4.98 Å². The van der Waals surface area contributed by atoms with E-state index < -0.39 is 0 Å². The van der Waals surface area contributed by atoms with Crippen LogP contribution in [0.2, 0.25) is 0 Å². The molecule has 0 saturated carbocycles. The molecule has 0 aliphatic rings. The molecule has 20 heavy (non-hydrogen) atoms. The molecule has 0 aliphatic heterocycles. The Bertz CT molecular complexity index is 537. The summed E-state index contributed by atoms with van der Waals surface area (Å²) in [5, 5.41) is 0. The summed E-state index contributed by atoms with van der Waals surface area (Å²) in [7, 11) is 1.99. The largest absolute Gasteiger partial charge is 0.369 e. The number of halogens is 1. The number of anilines is 1. The van der Waals surface area contributed by atoms with Crippen LogP contribution in [0.1, 0.15) is 30.6 Å². The molecule has 0 bridgehead atoms. The molecule has 0 radical (unpaired) electrons. The van der Waals surface area contributed by atoms with Gasteiger partial charge in [-0.05, 0) is 36.2 Å². The van der Waals surface area contributed by atoms with Gasteiger partial charge in [-0.25, -0.2) is 4.39 Å². The molecule has 1 atom stereocenters. The number of aromatic nitrogens is 1. The predicted molar refractivity (Wildman–Crippen MR) is 80.0 cm³/mol. The second-order valence-electron chi connectivity index (χ2n) is 4.94. The Balaban J connectivity index is 2.05. The molecule has 2 N–H and O–H groups in total. The average Bonchev–Trinajstić information content (AvgIpc) is 2.49. The van der Waals surface area contributed by atoms with E-state index in [4.69, 9.17) is 5.73 Å². The maximum atomic E-state index is 12.9. The highest BCUT2D eigenvalue weighted by molar-refractivity contribution is 5.44. The predicted octanol–water partition coefficient (Wildman–Crippen LogP) is 3.27. The van der Waals surface area contributed by atoms with Crippen LogP contribution in [-0.2, 0) is 6.54 Å². The van der Waals surface area contributed by atoms with Gasteiger partial charge in [-0.2, -0.15) is 0 Å². The molecule has 0 unspecified atom stereocenters. The second-order valence-corrected chi connectivity index (χ2v) is 4.94. The van der Waals surface area contributed by atoms with Gasteiger partial charge < -0.3 is 10.6 Å². The van der Waals surface area contributed by atoms with Crippen molar-refractivity contribution in [2.24, 2.45) is 5.73 Å². The van der Waals surface area contributed by atoms with Crippen LogP contribution in [0.15, 0.2) is 42.6 Å².